The molecule has 0 bridgehead atoms. The first-order chi connectivity index (χ1) is 17.3. The molecule has 1 aliphatic heterocycles. The summed E-state index contributed by atoms with van der Waals surface area (Å²) >= 11 is 0. The number of ether oxygens (including phenoxy) is 1. The average molecular weight is 497 g/mol. The number of hydrogen-bond acceptors (Lipinski definition) is 4. The molecule has 1 aromatic heterocycles. The van der Waals surface area contributed by atoms with Crippen LogP contribution in [0.1, 0.15) is 73.9 Å². The molecule has 1 aromatic carbocycles. The molecule has 0 radical (unpaired) electrons. The van der Waals surface area contributed by atoms with Crippen LogP contribution in [0.3, 0.4) is 0 Å². The number of fused-ring (bicyclic) bond motifs is 1. The van der Waals surface area contributed by atoms with E-state index in [2.05, 4.69) is 20.9 Å². The number of carbonyl (C=O) groups excluding carboxylic acids is 1. The second kappa shape index (κ2) is 9.87. The van der Waals surface area contributed by atoms with Crippen LogP contribution in [0.15, 0.2) is 30.1 Å². The fraction of sp³-hybridized carbons (Fsp3) is 0.481. The molecule has 1 unspecified atom stereocenters. The first-order valence-corrected chi connectivity index (χ1v) is 12.7. The monoisotopic (exact) mass is 496 g/mol. The minimum absolute atomic E-state index is 0.0112. The van der Waals surface area contributed by atoms with Gasteiger partial charge in [0.05, 0.1) is 23.9 Å². The molecule has 8 nitrogen and oxygen atoms in total. The van der Waals surface area contributed by atoms with E-state index in [1.54, 1.807) is 6.92 Å². The molecule has 2 aromatic rings. The molecule has 1 atom stereocenters. The van der Waals surface area contributed by atoms with Crippen molar-refractivity contribution in [1.29, 1.82) is 0 Å². The van der Waals surface area contributed by atoms with Crippen LogP contribution < -0.4 is 20.7 Å². The molecule has 0 saturated heterocycles. The van der Waals surface area contributed by atoms with Crippen LogP contribution >= 0.6 is 0 Å². The highest BCUT2D eigenvalue weighted by Crippen LogP contribution is 2.40. The number of carboxylic acid groups (broad SMARTS) is 1. The molecule has 9 heteroatoms. The fourth-order valence-electron chi connectivity index (χ4n) is 5.26. The van der Waals surface area contributed by atoms with Gasteiger partial charge in [-0.15, -0.1) is 0 Å². The van der Waals surface area contributed by atoms with Crippen LogP contribution in [-0.2, 0) is 4.79 Å². The molecule has 2 saturated carbocycles. The van der Waals surface area contributed by atoms with E-state index in [0.29, 0.717) is 55.1 Å². The van der Waals surface area contributed by atoms with Crippen molar-refractivity contribution < 1.29 is 23.8 Å². The second-order valence-electron chi connectivity index (χ2n) is 10.3. The summed E-state index contributed by atoms with van der Waals surface area (Å²) in [6.07, 6.45) is 5.91. The Kier molecular flexibility index (Phi) is 6.64. The zero-order valence-electron chi connectivity index (χ0n) is 20.6. The van der Waals surface area contributed by atoms with Gasteiger partial charge in [0.2, 0.25) is 0 Å². The summed E-state index contributed by atoms with van der Waals surface area (Å²) in [5, 5.41) is 18.1. The first kappa shape index (κ1) is 24.2. The largest absolute Gasteiger partial charge is 0.493 e. The maximum Gasteiger partial charge on any atom is 0.404 e. The molecule has 0 spiro atoms. The molecule has 5 rings (SSSR count). The lowest BCUT2D eigenvalue weighted by Gasteiger charge is -2.32. The van der Waals surface area contributed by atoms with Crippen molar-refractivity contribution in [2.75, 3.05) is 6.61 Å². The molecule has 36 heavy (non-hydrogen) atoms. The predicted molar refractivity (Wildman–Crippen MR) is 133 cm³/mol. The number of carbonyl (C=O) groups is 2. The number of aromatic nitrogens is 1. The van der Waals surface area contributed by atoms with E-state index in [9.17, 15) is 14.0 Å². The summed E-state index contributed by atoms with van der Waals surface area (Å²) in [5.41, 5.74) is 4.31. The van der Waals surface area contributed by atoms with Crippen molar-refractivity contribution in [3.8, 4) is 5.75 Å². The van der Waals surface area contributed by atoms with E-state index in [0.717, 1.165) is 35.4 Å². The number of rotatable bonds is 7. The summed E-state index contributed by atoms with van der Waals surface area (Å²) in [5.74, 6) is 0.603. The summed E-state index contributed by atoms with van der Waals surface area (Å²) in [7, 11) is 0. The van der Waals surface area contributed by atoms with Crippen LogP contribution in [0.2, 0.25) is 0 Å². The minimum atomic E-state index is -1.01. The lowest BCUT2D eigenvalue weighted by Crippen LogP contribution is -2.44. The Labute approximate surface area is 209 Å². The fourth-order valence-corrected chi connectivity index (χ4v) is 5.26. The summed E-state index contributed by atoms with van der Waals surface area (Å²) in [6.45, 7) is 4.20. The van der Waals surface area contributed by atoms with Crippen LogP contribution in [0, 0.1) is 18.7 Å². The maximum atomic E-state index is 14.5. The Hall–Kier alpha value is -3.49. The highest BCUT2D eigenvalue weighted by atomic mass is 19.1. The molecule has 192 valence electrons. The number of allylic oxidation sites excluding steroid dienone is 1. The van der Waals surface area contributed by atoms with Gasteiger partial charge in [0.25, 0.3) is 5.91 Å². The lowest BCUT2D eigenvalue weighted by atomic mass is 9.88. The maximum absolute atomic E-state index is 14.5. The third-order valence-corrected chi connectivity index (χ3v) is 7.47. The summed E-state index contributed by atoms with van der Waals surface area (Å²) in [6, 6.07) is 4.88. The molecule has 2 heterocycles. The average Bonchev–Trinajstić information content (AvgIpc) is 3.54. The second-order valence-corrected chi connectivity index (χ2v) is 10.3. The van der Waals surface area contributed by atoms with E-state index < -0.39 is 6.09 Å². The van der Waals surface area contributed by atoms with E-state index in [-0.39, 0.29) is 29.8 Å². The quantitative estimate of drug-likeness (QED) is 0.391. The van der Waals surface area contributed by atoms with Crippen molar-refractivity contribution in [3.05, 3.63) is 58.3 Å². The molecule has 2 aliphatic carbocycles. The highest BCUT2D eigenvalue weighted by Gasteiger charge is 2.34. The van der Waals surface area contributed by atoms with Gasteiger partial charge in [0.15, 0.2) is 0 Å². The van der Waals surface area contributed by atoms with Crippen molar-refractivity contribution >= 4 is 17.6 Å². The predicted octanol–water partition coefficient (Wildman–Crippen LogP) is 4.37. The number of hydrogen-bond donors (Lipinski definition) is 5. The van der Waals surface area contributed by atoms with Crippen LogP contribution in [0.25, 0.3) is 5.57 Å². The van der Waals surface area contributed by atoms with Gasteiger partial charge in [-0.1, -0.05) is 0 Å². The lowest BCUT2D eigenvalue weighted by molar-refractivity contribution is -0.116. The van der Waals surface area contributed by atoms with Crippen LogP contribution in [0.4, 0.5) is 9.18 Å². The molecule has 2 fully saturated rings. The molecule has 3 aliphatic rings. The number of aryl methyl sites for hydroxylation is 1. The minimum Gasteiger partial charge on any atom is -0.493 e. The third kappa shape index (κ3) is 5.05. The Morgan fingerprint density at radius 1 is 1.06 bits per heavy atom. The van der Waals surface area contributed by atoms with Gasteiger partial charge in [-0.05, 0) is 76.0 Å². The number of aromatic amines is 1. The Morgan fingerprint density at radius 2 is 1.75 bits per heavy atom. The number of H-pyrrole nitrogens is 1. The number of amides is 2. The topological polar surface area (TPSA) is 115 Å². The number of nitrogens with one attached hydrogen (secondary N) is 4. The van der Waals surface area contributed by atoms with E-state index in [4.69, 9.17) is 9.84 Å². The van der Waals surface area contributed by atoms with Gasteiger partial charge in [0.1, 0.15) is 11.6 Å². The zero-order chi connectivity index (χ0) is 25.4. The number of benzene rings is 1. The van der Waals surface area contributed by atoms with E-state index >= 15 is 0 Å². The van der Waals surface area contributed by atoms with Crippen molar-refractivity contribution in [2.24, 2.45) is 5.92 Å². The van der Waals surface area contributed by atoms with Gasteiger partial charge in [-0.2, -0.15) is 0 Å². The van der Waals surface area contributed by atoms with E-state index in [1.165, 1.54) is 6.07 Å². The zero-order valence-corrected chi connectivity index (χ0v) is 20.6. The molecular formula is C27H33FN4O4. The molecule has 2 amide bonds. The third-order valence-electron chi connectivity index (χ3n) is 7.47. The SMILES string of the molecule is CC1=C(C(=O)NC2CCC(NC(=O)O)CC2)c2[nH]ccc2C(c2cc(C)c(F)cc2OCC2CC2)N1. The first-order valence-electron chi connectivity index (χ1n) is 12.7. The Bertz CT molecular complexity index is 1190. The Balaban J connectivity index is 1.35. The van der Waals surface area contributed by atoms with Gasteiger partial charge in [-0.3, -0.25) is 4.79 Å². The smallest absolute Gasteiger partial charge is 0.404 e. The number of halogens is 1. The van der Waals surface area contributed by atoms with E-state index in [1.807, 2.05) is 25.3 Å². The normalized spacial score (nSPS) is 23.5. The summed E-state index contributed by atoms with van der Waals surface area (Å²) < 4.78 is 20.5. The van der Waals surface area contributed by atoms with Crippen LogP contribution in [0.5, 0.6) is 5.75 Å². The van der Waals surface area contributed by atoms with Gasteiger partial charge < -0.3 is 30.8 Å². The molecule has 5 N–H and O–H groups in total. The standard InChI is InChI=1S/C27H33FN4O4/c1-14-11-20(22(12-21(14)28)36-13-16-3-4-16)24-19-9-10-29-25(19)23(15(2)30-24)26(33)31-17-5-7-18(8-6-17)32-27(34)35/h9-12,16-18,24,29-30,32H,3-8,13H2,1-2H3,(H,31,33)(H,34,35). The highest BCUT2D eigenvalue weighted by molar-refractivity contribution is 6.20. The van der Waals surface area contributed by atoms with Crippen molar-refractivity contribution in [3.63, 3.8) is 0 Å². The van der Waals surface area contributed by atoms with Crippen molar-refractivity contribution in [2.45, 2.75) is 70.5 Å². The van der Waals surface area contributed by atoms with Crippen molar-refractivity contribution in [1.82, 2.24) is 20.9 Å². The molecular weight excluding hydrogens is 463 g/mol. The van der Waals surface area contributed by atoms with Gasteiger partial charge in [0, 0.05) is 41.2 Å². The van der Waals surface area contributed by atoms with Gasteiger partial charge in [-0.25, -0.2) is 9.18 Å². The van der Waals surface area contributed by atoms with Gasteiger partial charge >= 0.3 is 6.09 Å². The van der Waals surface area contributed by atoms with Crippen LogP contribution in [-0.4, -0.2) is 40.8 Å². The Morgan fingerprint density at radius 3 is 2.42 bits per heavy atom. The summed E-state index contributed by atoms with van der Waals surface area (Å²) in [4.78, 5) is 27.5.